The number of hydrogen-bond donors (Lipinski definition) is 5. The van der Waals surface area contributed by atoms with E-state index in [1.807, 2.05) is 0 Å². The predicted octanol–water partition coefficient (Wildman–Crippen LogP) is -1.80. The second-order valence-corrected chi connectivity index (χ2v) is 4.06. The van der Waals surface area contributed by atoms with E-state index in [0.29, 0.717) is 0 Å². The first-order chi connectivity index (χ1) is 5.69. The number of aliphatic hydroxyl groups is 3. The lowest BCUT2D eigenvalue weighted by atomic mass is 10.0. The summed E-state index contributed by atoms with van der Waals surface area (Å²) in [6.45, 7) is -0.378. The highest BCUT2D eigenvalue weighted by atomic mass is 31.2. The predicted molar refractivity (Wildman–Crippen MR) is 41.7 cm³/mol. The highest BCUT2D eigenvalue weighted by molar-refractivity contribution is 7.46. The van der Waals surface area contributed by atoms with Crippen LogP contribution in [0, 0.1) is 0 Å². The van der Waals surface area contributed by atoms with E-state index in [4.69, 9.17) is 25.1 Å². The molecule has 8 heteroatoms. The van der Waals surface area contributed by atoms with Crippen molar-refractivity contribution in [3.63, 3.8) is 0 Å². The Kier molecular flexibility index (Phi) is 4.47. The van der Waals surface area contributed by atoms with Gasteiger partial charge in [0.05, 0.1) is 13.2 Å². The molecule has 0 aromatic carbocycles. The molecule has 0 rings (SSSR count). The van der Waals surface area contributed by atoms with Gasteiger partial charge in [0, 0.05) is 0 Å². The molecule has 0 aromatic rings. The van der Waals surface area contributed by atoms with Gasteiger partial charge in [-0.3, -0.25) is 4.52 Å². The molecule has 0 heterocycles. The lowest BCUT2D eigenvalue weighted by molar-refractivity contribution is -0.107. The third kappa shape index (κ3) is 5.33. The molecule has 0 fully saturated rings. The topological polar surface area (TPSA) is 127 Å². The summed E-state index contributed by atoms with van der Waals surface area (Å²) in [4.78, 5) is 16.5. The first-order valence-electron chi connectivity index (χ1n) is 3.40. The fourth-order valence-electron chi connectivity index (χ4n) is 0.453. The molecule has 0 spiro atoms. The van der Waals surface area contributed by atoms with Crippen LogP contribution in [0.5, 0.6) is 0 Å². The van der Waals surface area contributed by atoms with Crippen molar-refractivity contribution in [1.29, 1.82) is 0 Å². The minimum atomic E-state index is -4.65. The monoisotopic (exact) mass is 216 g/mol. The van der Waals surface area contributed by atoms with Gasteiger partial charge in [-0.1, -0.05) is 0 Å². The number of phosphoric acid groups is 1. The Balaban J connectivity index is 4.02. The minimum absolute atomic E-state index is 0.737. The zero-order chi connectivity index (χ0) is 10.7. The molecule has 0 aliphatic heterocycles. The molecule has 0 aliphatic rings. The highest BCUT2D eigenvalue weighted by Gasteiger charge is 2.31. The Morgan fingerprint density at radius 2 is 2.00 bits per heavy atom. The summed E-state index contributed by atoms with van der Waals surface area (Å²) in [6, 6.07) is 0. The summed E-state index contributed by atoms with van der Waals surface area (Å²) in [5, 5.41) is 26.8. The van der Waals surface area contributed by atoms with Crippen molar-refractivity contribution in [2.75, 3.05) is 13.2 Å². The highest BCUT2D eigenvalue weighted by Crippen LogP contribution is 2.36. The Hall–Kier alpha value is -0.0100. The Labute approximate surface area is 74.8 Å². The SMILES string of the molecule is C[C@@](O)(CO)[C@H](O)COP(=O)(O)O. The van der Waals surface area contributed by atoms with Crippen molar-refractivity contribution in [2.24, 2.45) is 0 Å². The summed E-state index contributed by atoms with van der Waals surface area (Å²) in [7, 11) is -4.65. The van der Waals surface area contributed by atoms with Crippen molar-refractivity contribution in [3.05, 3.63) is 0 Å². The van der Waals surface area contributed by atoms with Crippen molar-refractivity contribution in [2.45, 2.75) is 18.6 Å². The maximum absolute atomic E-state index is 10.2. The summed E-state index contributed by atoms with van der Waals surface area (Å²) in [5.74, 6) is 0. The van der Waals surface area contributed by atoms with Crippen molar-refractivity contribution in [1.82, 2.24) is 0 Å². The van der Waals surface area contributed by atoms with Crippen LogP contribution < -0.4 is 0 Å². The average molecular weight is 216 g/mol. The Morgan fingerprint density at radius 1 is 1.54 bits per heavy atom. The van der Waals surface area contributed by atoms with Gasteiger partial charge in [-0.25, -0.2) is 4.57 Å². The first kappa shape index (κ1) is 13.0. The summed E-state index contributed by atoms with van der Waals surface area (Å²) in [6.07, 6.45) is -1.56. The van der Waals surface area contributed by atoms with E-state index in [1.54, 1.807) is 0 Å². The van der Waals surface area contributed by atoms with Gasteiger partial charge in [0.1, 0.15) is 11.7 Å². The molecule has 0 unspecified atom stereocenters. The van der Waals surface area contributed by atoms with E-state index in [0.717, 1.165) is 6.92 Å². The van der Waals surface area contributed by atoms with Gasteiger partial charge in [-0.05, 0) is 6.92 Å². The van der Waals surface area contributed by atoms with Crippen LogP contribution in [0.3, 0.4) is 0 Å². The second kappa shape index (κ2) is 4.47. The third-order valence-corrected chi connectivity index (χ3v) is 1.92. The average Bonchev–Trinajstić information content (AvgIpc) is 1.98. The molecule has 0 amide bonds. The number of aliphatic hydroxyl groups excluding tert-OH is 2. The van der Waals surface area contributed by atoms with Crippen molar-refractivity contribution < 1.29 is 34.2 Å². The van der Waals surface area contributed by atoms with Gasteiger partial charge in [0.15, 0.2) is 0 Å². The number of rotatable bonds is 5. The van der Waals surface area contributed by atoms with E-state index in [9.17, 15) is 4.57 Å². The van der Waals surface area contributed by atoms with E-state index in [2.05, 4.69) is 4.52 Å². The fraction of sp³-hybridized carbons (Fsp3) is 1.00. The van der Waals surface area contributed by atoms with Crippen molar-refractivity contribution in [3.8, 4) is 0 Å². The molecular formula is C5H13O7P. The molecule has 0 aromatic heterocycles. The third-order valence-electron chi connectivity index (χ3n) is 1.44. The quantitative estimate of drug-likeness (QED) is 0.343. The minimum Gasteiger partial charge on any atom is -0.393 e. The summed E-state index contributed by atoms with van der Waals surface area (Å²) < 4.78 is 14.1. The second-order valence-electron chi connectivity index (χ2n) is 2.82. The normalized spacial score (nSPS) is 19.5. The maximum Gasteiger partial charge on any atom is 0.469 e. The van der Waals surface area contributed by atoms with Gasteiger partial charge >= 0.3 is 7.82 Å². The largest absolute Gasteiger partial charge is 0.469 e. The van der Waals surface area contributed by atoms with E-state index in [-0.39, 0.29) is 0 Å². The van der Waals surface area contributed by atoms with Crippen molar-refractivity contribution >= 4 is 7.82 Å². The molecule has 2 atom stereocenters. The molecule has 0 aliphatic carbocycles. The Bertz CT molecular complexity index is 197. The first-order valence-corrected chi connectivity index (χ1v) is 4.93. The smallest absolute Gasteiger partial charge is 0.393 e. The molecule has 5 N–H and O–H groups in total. The van der Waals surface area contributed by atoms with Gasteiger partial charge in [0.25, 0.3) is 0 Å². The zero-order valence-electron chi connectivity index (χ0n) is 6.99. The molecule has 0 saturated heterocycles. The van der Waals surface area contributed by atoms with E-state index in [1.165, 1.54) is 0 Å². The van der Waals surface area contributed by atoms with Crippen LogP contribution in [0.1, 0.15) is 6.92 Å². The number of phosphoric ester groups is 1. The van der Waals surface area contributed by atoms with Crippen LogP contribution in [0.25, 0.3) is 0 Å². The molecule has 0 bridgehead atoms. The lowest BCUT2D eigenvalue weighted by Gasteiger charge is -2.26. The van der Waals surface area contributed by atoms with Gasteiger partial charge in [-0.2, -0.15) is 0 Å². The van der Waals surface area contributed by atoms with Crippen LogP contribution in [0.15, 0.2) is 0 Å². The zero-order valence-corrected chi connectivity index (χ0v) is 7.89. The summed E-state index contributed by atoms with van der Waals surface area (Å²) >= 11 is 0. The molecule has 7 nitrogen and oxygen atoms in total. The molecule has 13 heavy (non-hydrogen) atoms. The molecule has 0 radical (unpaired) electrons. The molecular weight excluding hydrogens is 203 g/mol. The lowest BCUT2D eigenvalue weighted by Crippen LogP contribution is -2.45. The van der Waals surface area contributed by atoms with Gasteiger partial charge < -0.3 is 25.1 Å². The van der Waals surface area contributed by atoms with Crippen LogP contribution in [0.2, 0.25) is 0 Å². The van der Waals surface area contributed by atoms with E-state index >= 15 is 0 Å². The Morgan fingerprint density at radius 3 is 2.31 bits per heavy atom. The van der Waals surface area contributed by atoms with Crippen LogP contribution >= 0.6 is 7.82 Å². The van der Waals surface area contributed by atoms with Crippen LogP contribution in [0.4, 0.5) is 0 Å². The van der Waals surface area contributed by atoms with Gasteiger partial charge in [-0.15, -0.1) is 0 Å². The van der Waals surface area contributed by atoms with E-state index < -0.39 is 32.7 Å². The van der Waals surface area contributed by atoms with Crippen LogP contribution in [-0.4, -0.2) is 50.0 Å². The standard InChI is InChI=1S/C5H13O7P/c1-5(8,3-6)4(7)2-12-13(9,10)11/h4,6-8H,2-3H2,1H3,(H2,9,10,11)/t4-,5-/m1/s1. The number of hydrogen-bond acceptors (Lipinski definition) is 5. The molecule has 80 valence electrons. The van der Waals surface area contributed by atoms with Crippen LogP contribution in [-0.2, 0) is 9.09 Å². The fourth-order valence-corrected chi connectivity index (χ4v) is 0.788. The van der Waals surface area contributed by atoms with Gasteiger partial charge in [0.2, 0.25) is 0 Å². The summed E-state index contributed by atoms with van der Waals surface area (Å²) in [5.41, 5.74) is -1.84. The molecule has 0 saturated carbocycles. The maximum atomic E-state index is 10.2.